The van der Waals surface area contributed by atoms with Crippen molar-refractivity contribution >= 4 is 70.4 Å². The number of β-lactam (4-membered cyclic amide) rings is 1. The second-order valence-corrected chi connectivity index (χ2v) is 13.2. The number of alkyl carbamates (subject to hydrolysis) is 1. The standard InChI is InChI=1S/C29H25Cl2N5O10S/c1-13-19(21(34-46-13)20-17(30)5-4-6-18(20)31)24(38)33-22-25(39)35-23(27(40)44-11-15-7-9-16(10-8-15)36(42)43)29(3,47-26(22)35)12-45-28(41)32-14(2)37/h4-10,22-23,26H,11-12H2,1-3H3,(H,33,38)(H,32,37,41)/t22-,23+,26-,29+/m1/s1. The van der Waals surface area contributed by atoms with Gasteiger partial charge in [-0.15, -0.1) is 11.8 Å². The number of esters is 1. The number of nitrogens with one attached hydrogen (secondary N) is 2. The lowest BCUT2D eigenvalue weighted by Gasteiger charge is -2.43. The molecule has 1 aromatic heterocycles. The summed E-state index contributed by atoms with van der Waals surface area (Å²) in [6, 6.07) is 7.71. The fourth-order valence-corrected chi connectivity index (χ4v) is 7.47. The molecule has 2 aliphatic rings. The lowest BCUT2D eigenvalue weighted by atomic mass is 9.94. The Morgan fingerprint density at radius 1 is 1.13 bits per heavy atom. The number of hydrogen-bond donors (Lipinski definition) is 2. The second-order valence-electron chi connectivity index (χ2n) is 10.8. The summed E-state index contributed by atoms with van der Waals surface area (Å²) in [7, 11) is 0. The molecule has 47 heavy (non-hydrogen) atoms. The van der Waals surface area contributed by atoms with Gasteiger partial charge < -0.3 is 24.2 Å². The largest absolute Gasteiger partial charge is 0.459 e. The third-order valence-electron chi connectivity index (χ3n) is 7.42. The number of non-ortho nitro benzene ring substituents is 1. The molecule has 2 N–H and O–H groups in total. The van der Waals surface area contributed by atoms with Gasteiger partial charge in [-0.25, -0.2) is 9.59 Å². The number of fused-ring (bicyclic) bond motifs is 1. The van der Waals surface area contributed by atoms with Gasteiger partial charge in [0.2, 0.25) is 11.8 Å². The number of hydrogen-bond acceptors (Lipinski definition) is 12. The molecule has 2 saturated heterocycles. The molecule has 15 nitrogen and oxygen atoms in total. The van der Waals surface area contributed by atoms with Crippen molar-refractivity contribution in [3.05, 3.63) is 79.5 Å². The number of ether oxygens (including phenoxy) is 2. The number of nitro groups is 1. The number of nitro benzene ring substituents is 1. The molecule has 2 aromatic carbocycles. The first-order valence-electron chi connectivity index (χ1n) is 13.8. The van der Waals surface area contributed by atoms with E-state index in [0.29, 0.717) is 5.56 Å². The highest BCUT2D eigenvalue weighted by molar-refractivity contribution is 8.01. The zero-order valence-corrected chi connectivity index (χ0v) is 27.1. The SMILES string of the molecule is CC(=O)NC(=O)OC[C@]1(C)S[C@@H]2[C@H](NC(=O)c3c(-c4c(Cl)cccc4Cl)noc3C)C(=O)N2[C@H]1C(=O)OCc1ccc([N+](=O)[O-])cc1. The van der Waals surface area contributed by atoms with E-state index < -0.39 is 63.5 Å². The number of rotatable bonds is 9. The summed E-state index contributed by atoms with van der Waals surface area (Å²) in [4.78, 5) is 75.7. The van der Waals surface area contributed by atoms with Crippen LogP contribution in [0.3, 0.4) is 0 Å². The topological polar surface area (TPSA) is 200 Å². The molecule has 3 heterocycles. The van der Waals surface area contributed by atoms with E-state index in [1.165, 1.54) is 36.1 Å². The number of aromatic nitrogens is 1. The van der Waals surface area contributed by atoms with Crippen molar-refractivity contribution in [3.8, 4) is 11.3 Å². The van der Waals surface area contributed by atoms with E-state index in [1.54, 1.807) is 25.1 Å². The van der Waals surface area contributed by atoms with Crippen molar-refractivity contribution in [2.45, 2.75) is 49.6 Å². The minimum Gasteiger partial charge on any atom is -0.459 e. The molecule has 0 spiro atoms. The Kier molecular flexibility index (Phi) is 9.47. The summed E-state index contributed by atoms with van der Waals surface area (Å²) < 4.78 is 14.7. The van der Waals surface area contributed by atoms with Gasteiger partial charge in [-0.2, -0.15) is 0 Å². The molecule has 5 rings (SSSR count). The van der Waals surface area contributed by atoms with Crippen LogP contribution in [0, 0.1) is 17.0 Å². The Morgan fingerprint density at radius 3 is 2.40 bits per heavy atom. The first-order chi connectivity index (χ1) is 22.2. The number of carbonyl (C=O) groups is 5. The summed E-state index contributed by atoms with van der Waals surface area (Å²) in [5.41, 5.74) is 0.634. The highest BCUT2D eigenvalue weighted by atomic mass is 35.5. The van der Waals surface area contributed by atoms with Gasteiger partial charge >= 0.3 is 12.1 Å². The van der Waals surface area contributed by atoms with E-state index in [2.05, 4.69) is 10.5 Å². The van der Waals surface area contributed by atoms with Crippen LogP contribution in [-0.2, 0) is 30.5 Å². The molecular weight excluding hydrogens is 681 g/mol. The smallest absolute Gasteiger partial charge is 0.413 e. The minimum atomic E-state index is -1.29. The summed E-state index contributed by atoms with van der Waals surface area (Å²) in [5, 5.41) is 19.2. The molecule has 246 valence electrons. The van der Waals surface area contributed by atoms with Crippen LogP contribution < -0.4 is 10.6 Å². The van der Waals surface area contributed by atoms with Gasteiger partial charge in [0, 0.05) is 24.6 Å². The zero-order valence-electron chi connectivity index (χ0n) is 24.8. The summed E-state index contributed by atoms with van der Waals surface area (Å²) in [6.45, 7) is 3.50. The number of aryl methyl sites for hydroxylation is 1. The summed E-state index contributed by atoms with van der Waals surface area (Å²) >= 11 is 13.8. The third kappa shape index (κ3) is 6.61. The summed E-state index contributed by atoms with van der Waals surface area (Å²) in [5.74, 6) is -2.70. The van der Waals surface area contributed by atoms with Crippen molar-refractivity contribution in [3.63, 3.8) is 0 Å². The monoisotopic (exact) mass is 705 g/mol. The minimum absolute atomic E-state index is 0.000281. The van der Waals surface area contributed by atoms with Crippen LogP contribution in [0.25, 0.3) is 11.3 Å². The van der Waals surface area contributed by atoms with E-state index in [4.69, 9.17) is 37.2 Å². The second kappa shape index (κ2) is 13.2. The molecule has 3 aromatic rings. The highest BCUT2D eigenvalue weighted by Gasteiger charge is 2.66. The Hall–Kier alpha value is -4.67. The zero-order chi connectivity index (χ0) is 34.2. The van der Waals surface area contributed by atoms with Crippen LogP contribution in [0.1, 0.15) is 35.5 Å². The van der Waals surface area contributed by atoms with Gasteiger partial charge in [0.15, 0.2) is 0 Å². The van der Waals surface area contributed by atoms with E-state index in [1.807, 2.05) is 5.32 Å². The van der Waals surface area contributed by atoms with Gasteiger partial charge in [-0.3, -0.25) is 29.8 Å². The highest BCUT2D eigenvalue weighted by Crippen LogP contribution is 2.52. The van der Waals surface area contributed by atoms with Crippen LogP contribution in [-0.4, -0.2) is 73.6 Å². The van der Waals surface area contributed by atoms with Crippen molar-refractivity contribution in [1.82, 2.24) is 20.7 Å². The number of benzene rings is 2. The van der Waals surface area contributed by atoms with E-state index in [0.717, 1.165) is 18.7 Å². The lowest BCUT2D eigenvalue weighted by Crippen LogP contribution is -2.71. The van der Waals surface area contributed by atoms with Gasteiger partial charge in [-0.1, -0.05) is 34.4 Å². The van der Waals surface area contributed by atoms with Gasteiger partial charge in [0.05, 0.1) is 19.7 Å². The van der Waals surface area contributed by atoms with Crippen LogP contribution in [0.4, 0.5) is 10.5 Å². The number of carbonyl (C=O) groups excluding carboxylic acids is 5. The molecule has 0 unspecified atom stereocenters. The molecule has 2 fully saturated rings. The summed E-state index contributed by atoms with van der Waals surface area (Å²) in [6.07, 6.45) is -1.06. The van der Waals surface area contributed by atoms with E-state index in [9.17, 15) is 34.1 Å². The molecule has 4 amide bonds. The molecular formula is C29H25Cl2N5O10S. The molecule has 0 bridgehead atoms. The van der Waals surface area contributed by atoms with Crippen molar-refractivity contribution in [2.75, 3.05) is 6.61 Å². The number of imide groups is 1. The molecule has 0 aliphatic carbocycles. The lowest BCUT2D eigenvalue weighted by molar-refractivity contribution is -0.384. The number of amides is 4. The van der Waals surface area contributed by atoms with Crippen molar-refractivity contribution in [2.24, 2.45) is 0 Å². The predicted octanol–water partition coefficient (Wildman–Crippen LogP) is 4.02. The van der Waals surface area contributed by atoms with E-state index >= 15 is 0 Å². The predicted molar refractivity (Wildman–Crippen MR) is 166 cm³/mol. The third-order valence-corrected chi connectivity index (χ3v) is 9.67. The fraction of sp³-hybridized carbons (Fsp3) is 0.310. The normalized spacial score (nSPS) is 21.3. The first kappa shape index (κ1) is 33.7. The number of halogens is 2. The van der Waals surface area contributed by atoms with Crippen LogP contribution in [0.5, 0.6) is 0 Å². The first-order valence-corrected chi connectivity index (χ1v) is 15.4. The molecule has 18 heteroatoms. The maximum absolute atomic E-state index is 13.6. The maximum atomic E-state index is 13.6. The number of nitrogens with zero attached hydrogens (tertiary/aromatic N) is 3. The number of thioether (sulfide) groups is 1. The molecule has 0 radical (unpaired) electrons. The van der Waals surface area contributed by atoms with E-state index in [-0.39, 0.29) is 44.9 Å². The molecule has 2 aliphatic heterocycles. The Bertz CT molecular complexity index is 1780. The molecule has 0 saturated carbocycles. The van der Waals surface area contributed by atoms with Gasteiger partial charge in [-0.05, 0) is 43.7 Å². The Morgan fingerprint density at radius 2 is 1.79 bits per heavy atom. The fourth-order valence-electron chi connectivity index (χ4n) is 5.21. The van der Waals surface area contributed by atoms with Crippen LogP contribution in [0.2, 0.25) is 10.0 Å². The average molecular weight is 707 g/mol. The van der Waals surface area contributed by atoms with Crippen LogP contribution >= 0.6 is 35.0 Å². The van der Waals surface area contributed by atoms with Gasteiger partial charge in [0.1, 0.15) is 47.7 Å². The Balaban J connectivity index is 1.37. The average Bonchev–Trinajstić information content (AvgIpc) is 3.52. The quantitative estimate of drug-likeness (QED) is 0.140. The molecule has 4 atom stereocenters. The van der Waals surface area contributed by atoms with Crippen molar-refractivity contribution < 1.29 is 42.9 Å². The Labute approximate surface area is 280 Å². The van der Waals surface area contributed by atoms with Gasteiger partial charge in [0.25, 0.3) is 11.6 Å². The maximum Gasteiger partial charge on any atom is 0.413 e. The van der Waals surface area contributed by atoms with Crippen molar-refractivity contribution in [1.29, 1.82) is 0 Å². The van der Waals surface area contributed by atoms with Crippen LogP contribution in [0.15, 0.2) is 47.0 Å².